The van der Waals surface area contributed by atoms with Crippen LogP contribution in [0.3, 0.4) is 0 Å². The van der Waals surface area contributed by atoms with Crippen LogP contribution in [0.1, 0.15) is 10.4 Å². The van der Waals surface area contributed by atoms with Crippen LogP contribution in [0.5, 0.6) is 0 Å². The van der Waals surface area contributed by atoms with Gasteiger partial charge in [-0.2, -0.15) is 0 Å². The number of nitro groups is 1. The van der Waals surface area contributed by atoms with Gasteiger partial charge < -0.3 is 15.7 Å². The fourth-order valence-electron chi connectivity index (χ4n) is 2.85. The molecule has 184 valence electrons. The number of benzene rings is 2. The van der Waals surface area contributed by atoms with Crippen molar-refractivity contribution < 1.29 is 24.4 Å². The molecule has 0 saturated carbocycles. The molecule has 14 heteroatoms. The van der Waals surface area contributed by atoms with Gasteiger partial charge in [-0.3, -0.25) is 35.5 Å². The van der Waals surface area contributed by atoms with E-state index in [1.807, 2.05) is 5.43 Å². The number of carbonyl (C=O) groups is 3. The Balaban J connectivity index is 1.79. The van der Waals surface area contributed by atoms with Crippen LogP contribution in [0, 0.1) is 10.1 Å². The van der Waals surface area contributed by atoms with Crippen molar-refractivity contribution >= 4 is 69.4 Å². The number of hydrogen-bond donors (Lipinski definition) is 5. The topological polar surface area (TPSA) is 176 Å². The van der Waals surface area contributed by atoms with Crippen molar-refractivity contribution in [3.8, 4) is 0 Å². The number of hydrogen-bond acceptors (Lipinski definition) is 8. The maximum Gasteiger partial charge on any atom is 0.328 e. The second-order valence-electron chi connectivity index (χ2n) is 6.88. The molecule has 12 nitrogen and oxygen atoms in total. The summed E-state index contributed by atoms with van der Waals surface area (Å²) in [5.74, 6) is -2.92. The third-order valence-electron chi connectivity index (χ3n) is 4.42. The van der Waals surface area contributed by atoms with Gasteiger partial charge in [0.1, 0.15) is 5.69 Å². The Bertz CT molecular complexity index is 1360. The van der Waals surface area contributed by atoms with Gasteiger partial charge in [0.2, 0.25) is 0 Å². The number of nitrogens with zero attached hydrogens (tertiary/aromatic N) is 2. The molecule has 0 fully saturated rings. The highest BCUT2D eigenvalue weighted by Gasteiger charge is 2.17. The predicted molar refractivity (Wildman–Crippen MR) is 133 cm³/mol. The molecule has 2 amide bonds. The number of anilines is 4. The highest BCUT2D eigenvalue weighted by atomic mass is 35.5. The third kappa shape index (κ3) is 6.68. The van der Waals surface area contributed by atoms with Crippen molar-refractivity contribution in [2.45, 2.75) is 0 Å². The normalized spacial score (nSPS) is 10.5. The number of aromatic nitrogens is 1. The van der Waals surface area contributed by atoms with Gasteiger partial charge in [0.25, 0.3) is 17.5 Å². The molecular formula is C22H16Cl2N6O6. The van der Waals surface area contributed by atoms with Crippen LogP contribution in [-0.4, -0.2) is 32.8 Å². The van der Waals surface area contributed by atoms with Crippen LogP contribution >= 0.6 is 23.2 Å². The van der Waals surface area contributed by atoms with Crippen LogP contribution in [0.15, 0.2) is 67.0 Å². The maximum absolute atomic E-state index is 12.5. The van der Waals surface area contributed by atoms with Crippen LogP contribution in [0.2, 0.25) is 10.0 Å². The molecule has 0 radical (unpaired) electrons. The van der Waals surface area contributed by atoms with Crippen molar-refractivity contribution in [3.05, 3.63) is 92.7 Å². The molecule has 5 N–H and O–H groups in total. The van der Waals surface area contributed by atoms with Crippen LogP contribution in [0.4, 0.5) is 28.4 Å². The van der Waals surface area contributed by atoms with Gasteiger partial charge in [-0.1, -0.05) is 35.3 Å². The molecular weight excluding hydrogens is 515 g/mol. The Labute approximate surface area is 213 Å². The first-order valence-electron chi connectivity index (χ1n) is 9.87. The van der Waals surface area contributed by atoms with Crippen molar-refractivity contribution in [2.24, 2.45) is 0 Å². The highest BCUT2D eigenvalue weighted by Crippen LogP contribution is 2.38. The summed E-state index contributed by atoms with van der Waals surface area (Å²) in [6.07, 6.45) is 4.00. The summed E-state index contributed by atoms with van der Waals surface area (Å²) in [5.41, 5.74) is 5.16. The number of carbonyl (C=O) groups excluding carboxylic acids is 2. The minimum absolute atomic E-state index is 0.0365. The Morgan fingerprint density at radius 3 is 2.33 bits per heavy atom. The molecule has 0 spiro atoms. The van der Waals surface area contributed by atoms with E-state index in [1.165, 1.54) is 48.8 Å². The first-order valence-corrected chi connectivity index (χ1v) is 10.6. The molecule has 1 aromatic heterocycles. The molecule has 36 heavy (non-hydrogen) atoms. The average Bonchev–Trinajstić information content (AvgIpc) is 2.84. The van der Waals surface area contributed by atoms with Crippen molar-refractivity contribution in [1.29, 1.82) is 0 Å². The van der Waals surface area contributed by atoms with Gasteiger partial charge in [-0.15, -0.1) is 0 Å². The Hall–Kier alpha value is -4.68. The lowest BCUT2D eigenvalue weighted by atomic mass is 10.2. The summed E-state index contributed by atoms with van der Waals surface area (Å²) >= 11 is 12.8. The van der Waals surface area contributed by atoms with Gasteiger partial charge in [-0.25, -0.2) is 4.79 Å². The van der Waals surface area contributed by atoms with Gasteiger partial charge >= 0.3 is 5.97 Å². The lowest BCUT2D eigenvalue weighted by molar-refractivity contribution is -0.383. The minimum Gasteiger partial charge on any atom is -0.478 e. The summed E-state index contributed by atoms with van der Waals surface area (Å²) in [4.78, 5) is 49.2. The van der Waals surface area contributed by atoms with E-state index < -0.39 is 22.7 Å². The number of nitro benzene ring substituents is 1. The summed E-state index contributed by atoms with van der Waals surface area (Å²) in [6.45, 7) is 0. The lowest BCUT2D eigenvalue weighted by Crippen LogP contribution is -2.41. The first kappa shape index (κ1) is 25.9. The molecule has 0 atom stereocenters. The molecule has 1 heterocycles. The van der Waals surface area contributed by atoms with Gasteiger partial charge in [0.15, 0.2) is 0 Å². The number of amides is 2. The molecule has 0 bridgehead atoms. The number of rotatable bonds is 8. The third-order valence-corrected chi connectivity index (χ3v) is 5.02. The van der Waals surface area contributed by atoms with Crippen LogP contribution in [-0.2, 0) is 9.59 Å². The van der Waals surface area contributed by atoms with E-state index in [0.29, 0.717) is 11.8 Å². The van der Waals surface area contributed by atoms with E-state index in [9.17, 15) is 24.5 Å². The summed E-state index contributed by atoms with van der Waals surface area (Å²) < 4.78 is 0. The van der Waals surface area contributed by atoms with Crippen molar-refractivity contribution in [2.75, 3.05) is 10.6 Å². The van der Waals surface area contributed by atoms with E-state index in [0.717, 1.165) is 6.08 Å². The molecule has 2 aromatic carbocycles. The standard InChI is InChI=1S/C22H16Cl2N6O6/c23-14-9-12(10-15(24)21(14)27-17-3-1-2-4-18(17)30(35)36)26-16-7-8-25-11-13(16)22(34)29-28-19(31)5-6-20(32)33/h1-11,27H,(H,25,26)(H,28,31)(H,29,34)(H,32,33)/b6-5+. The molecule has 3 aromatic rings. The summed E-state index contributed by atoms with van der Waals surface area (Å²) in [6, 6.07) is 10.5. The van der Waals surface area contributed by atoms with Gasteiger partial charge in [-0.05, 0) is 24.3 Å². The molecule has 0 aliphatic rings. The van der Waals surface area contributed by atoms with Crippen molar-refractivity contribution in [1.82, 2.24) is 15.8 Å². The number of hydrazine groups is 1. The Morgan fingerprint density at radius 1 is 0.972 bits per heavy atom. The van der Waals surface area contributed by atoms with Crippen LogP contribution in [0.25, 0.3) is 0 Å². The smallest absolute Gasteiger partial charge is 0.328 e. The zero-order valence-corrected chi connectivity index (χ0v) is 19.5. The lowest BCUT2D eigenvalue weighted by Gasteiger charge is -2.15. The fraction of sp³-hybridized carbons (Fsp3) is 0. The zero-order chi connectivity index (χ0) is 26.2. The fourth-order valence-corrected chi connectivity index (χ4v) is 3.43. The number of halogens is 2. The second-order valence-corrected chi connectivity index (χ2v) is 7.69. The SMILES string of the molecule is O=C(O)/C=C/C(=O)NNC(=O)c1cnccc1Nc1cc(Cl)c(Nc2ccccc2[N+](=O)[O-])c(Cl)c1. The minimum atomic E-state index is -1.32. The van der Waals surface area contributed by atoms with E-state index in [2.05, 4.69) is 21.0 Å². The van der Waals surface area contributed by atoms with Crippen molar-refractivity contribution in [3.63, 3.8) is 0 Å². The summed E-state index contributed by atoms with van der Waals surface area (Å²) in [5, 5.41) is 25.9. The monoisotopic (exact) mass is 530 g/mol. The molecule has 0 unspecified atom stereocenters. The zero-order valence-electron chi connectivity index (χ0n) is 18.0. The number of para-hydroxylation sites is 2. The maximum atomic E-state index is 12.5. The first-order chi connectivity index (χ1) is 17.2. The number of carboxylic acids is 1. The quantitative estimate of drug-likeness (QED) is 0.162. The molecule has 0 saturated heterocycles. The second kappa shape index (κ2) is 11.6. The van der Waals surface area contributed by atoms with E-state index in [-0.39, 0.29) is 38.4 Å². The van der Waals surface area contributed by atoms with E-state index >= 15 is 0 Å². The van der Waals surface area contributed by atoms with Crippen LogP contribution < -0.4 is 21.5 Å². The molecule has 3 rings (SSSR count). The predicted octanol–water partition coefficient (Wildman–Crippen LogP) is 4.19. The number of aliphatic carboxylic acids is 1. The number of pyridine rings is 1. The van der Waals surface area contributed by atoms with E-state index in [1.54, 1.807) is 6.07 Å². The highest BCUT2D eigenvalue weighted by molar-refractivity contribution is 6.39. The summed E-state index contributed by atoms with van der Waals surface area (Å²) in [7, 11) is 0. The molecule has 0 aliphatic heterocycles. The van der Waals surface area contributed by atoms with Gasteiger partial charge in [0, 0.05) is 36.3 Å². The average molecular weight is 531 g/mol. The van der Waals surface area contributed by atoms with E-state index in [4.69, 9.17) is 28.3 Å². The number of nitrogens with one attached hydrogen (secondary N) is 4. The Kier molecular flexibility index (Phi) is 8.39. The largest absolute Gasteiger partial charge is 0.478 e. The number of carboxylic acid groups (broad SMARTS) is 1. The molecule has 0 aliphatic carbocycles. The Morgan fingerprint density at radius 2 is 1.67 bits per heavy atom. The van der Waals surface area contributed by atoms with Gasteiger partial charge in [0.05, 0.1) is 31.9 Å².